The molecule has 2 fully saturated rings. The summed E-state index contributed by atoms with van der Waals surface area (Å²) in [6, 6.07) is 10.1. The summed E-state index contributed by atoms with van der Waals surface area (Å²) in [4.78, 5) is 18.5. The van der Waals surface area contributed by atoms with Gasteiger partial charge in [0, 0.05) is 48.1 Å². The average Bonchev–Trinajstić information content (AvgIpc) is 3.37. The molecule has 0 bridgehead atoms. The number of ether oxygens (including phenoxy) is 2. The Morgan fingerprint density at radius 1 is 1.16 bits per heavy atom. The number of amides is 1. The number of carbonyl (C=O) groups is 1. The van der Waals surface area contributed by atoms with Crippen molar-refractivity contribution >= 4 is 22.9 Å². The Hall–Kier alpha value is -2.05. The molecular weight excluding hydrogens is 336 g/mol. The summed E-state index contributed by atoms with van der Waals surface area (Å²) >= 11 is 1.81. The largest absolute Gasteiger partial charge is 0.454 e. The van der Waals surface area contributed by atoms with Crippen molar-refractivity contribution in [3.05, 3.63) is 40.6 Å². The van der Waals surface area contributed by atoms with E-state index >= 15 is 0 Å². The zero-order valence-electron chi connectivity index (χ0n) is 13.9. The second kappa shape index (κ2) is 5.75. The van der Waals surface area contributed by atoms with Gasteiger partial charge in [-0.3, -0.25) is 9.69 Å². The molecule has 1 atom stereocenters. The summed E-state index contributed by atoms with van der Waals surface area (Å²) in [5, 5.41) is 2.13. The molecule has 0 unspecified atom stereocenters. The first-order valence-electron chi connectivity index (χ1n) is 8.66. The highest BCUT2D eigenvalue weighted by Crippen LogP contribution is 2.44. The van der Waals surface area contributed by atoms with Crippen LogP contribution in [0.4, 0.5) is 5.69 Å². The molecule has 0 saturated carbocycles. The molecule has 4 heterocycles. The maximum atomic E-state index is 12.7. The summed E-state index contributed by atoms with van der Waals surface area (Å²) in [5.41, 5.74) is 1.01. The molecule has 1 spiro atoms. The van der Waals surface area contributed by atoms with Gasteiger partial charge in [-0.2, -0.15) is 0 Å². The van der Waals surface area contributed by atoms with Crippen LogP contribution in [0.15, 0.2) is 35.7 Å². The summed E-state index contributed by atoms with van der Waals surface area (Å²) in [6.45, 7) is 4.12. The minimum absolute atomic E-state index is 0.0880. The Labute approximate surface area is 150 Å². The molecule has 1 aromatic carbocycles. The summed E-state index contributed by atoms with van der Waals surface area (Å²) in [5.74, 6) is 1.71. The van der Waals surface area contributed by atoms with Crippen molar-refractivity contribution in [1.29, 1.82) is 0 Å². The van der Waals surface area contributed by atoms with Gasteiger partial charge in [-0.05, 0) is 36.5 Å². The van der Waals surface area contributed by atoms with E-state index in [9.17, 15) is 4.79 Å². The van der Waals surface area contributed by atoms with Crippen molar-refractivity contribution in [3.8, 4) is 11.5 Å². The van der Waals surface area contributed by atoms with E-state index in [-0.39, 0.29) is 18.1 Å². The molecule has 5 rings (SSSR count). The first kappa shape index (κ1) is 15.2. The minimum Gasteiger partial charge on any atom is -0.454 e. The van der Waals surface area contributed by atoms with Gasteiger partial charge in [0.2, 0.25) is 12.7 Å². The molecule has 6 heteroatoms. The Bertz CT molecular complexity index is 807. The highest BCUT2D eigenvalue weighted by atomic mass is 32.1. The van der Waals surface area contributed by atoms with E-state index in [1.165, 1.54) is 4.88 Å². The van der Waals surface area contributed by atoms with E-state index in [4.69, 9.17) is 9.47 Å². The Morgan fingerprint density at radius 3 is 2.96 bits per heavy atom. The highest BCUT2D eigenvalue weighted by Gasteiger charge is 2.47. The molecular formula is C19H20N2O3S. The first-order valence-corrected chi connectivity index (χ1v) is 9.54. The highest BCUT2D eigenvalue weighted by molar-refractivity contribution is 7.09. The van der Waals surface area contributed by atoms with Gasteiger partial charge in [0.15, 0.2) is 11.5 Å². The lowest BCUT2D eigenvalue weighted by Crippen LogP contribution is -2.31. The van der Waals surface area contributed by atoms with Crippen LogP contribution in [0.1, 0.15) is 17.7 Å². The van der Waals surface area contributed by atoms with Crippen LogP contribution in [0.5, 0.6) is 11.5 Å². The van der Waals surface area contributed by atoms with Gasteiger partial charge >= 0.3 is 0 Å². The fraction of sp³-hybridized carbons (Fsp3) is 0.421. The maximum absolute atomic E-state index is 12.7. The number of fused-ring (bicyclic) bond motifs is 1. The molecule has 2 aromatic rings. The van der Waals surface area contributed by atoms with E-state index in [1.807, 2.05) is 23.1 Å². The number of hydrogen-bond donors (Lipinski definition) is 0. The lowest BCUT2D eigenvalue weighted by molar-refractivity contribution is -0.117. The van der Waals surface area contributed by atoms with Crippen LogP contribution < -0.4 is 14.4 Å². The van der Waals surface area contributed by atoms with Crippen LogP contribution in [0, 0.1) is 5.41 Å². The molecule has 3 aliphatic rings. The van der Waals surface area contributed by atoms with Crippen molar-refractivity contribution in [2.24, 2.45) is 5.41 Å². The van der Waals surface area contributed by atoms with E-state index < -0.39 is 0 Å². The van der Waals surface area contributed by atoms with Crippen LogP contribution in [0.2, 0.25) is 0 Å². The van der Waals surface area contributed by atoms with Crippen LogP contribution in [0.3, 0.4) is 0 Å². The van der Waals surface area contributed by atoms with Crippen molar-refractivity contribution < 1.29 is 14.3 Å². The molecule has 0 radical (unpaired) electrons. The third-order valence-corrected chi connectivity index (χ3v) is 6.33. The van der Waals surface area contributed by atoms with Gasteiger partial charge in [-0.1, -0.05) is 6.07 Å². The number of hydrogen-bond acceptors (Lipinski definition) is 5. The smallest absolute Gasteiger partial charge is 0.231 e. The average molecular weight is 356 g/mol. The predicted octanol–water partition coefficient (Wildman–Crippen LogP) is 3.11. The van der Waals surface area contributed by atoms with E-state index in [2.05, 4.69) is 22.4 Å². The summed E-state index contributed by atoms with van der Waals surface area (Å²) in [6.07, 6.45) is 1.73. The number of benzene rings is 1. The molecule has 2 saturated heterocycles. The molecule has 1 amide bonds. The van der Waals surface area contributed by atoms with Gasteiger partial charge in [-0.15, -0.1) is 11.3 Å². The third-order valence-electron chi connectivity index (χ3n) is 5.47. The van der Waals surface area contributed by atoms with E-state index in [0.29, 0.717) is 6.42 Å². The summed E-state index contributed by atoms with van der Waals surface area (Å²) in [7, 11) is 0. The molecule has 0 N–H and O–H groups in total. The van der Waals surface area contributed by atoms with Crippen LogP contribution >= 0.6 is 11.3 Å². The molecule has 1 aromatic heterocycles. The second-order valence-corrected chi connectivity index (χ2v) is 8.27. The molecule has 130 valence electrons. The second-order valence-electron chi connectivity index (χ2n) is 7.23. The Kier molecular flexibility index (Phi) is 3.50. The van der Waals surface area contributed by atoms with Gasteiger partial charge in [0.25, 0.3) is 0 Å². The van der Waals surface area contributed by atoms with Gasteiger partial charge < -0.3 is 14.4 Å². The fourth-order valence-corrected chi connectivity index (χ4v) is 4.99. The van der Waals surface area contributed by atoms with Crippen molar-refractivity contribution in [3.63, 3.8) is 0 Å². The zero-order chi connectivity index (χ0) is 16.9. The SMILES string of the molecule is O=C1C[C@@]2(CCN(Cc3cccs3)C2)CN1c1ccc2c(c1)OCO2. The van der Waals surface area contributed by atoms with Crippen molar-refractivity contribution in [2.45, 2.75) is 19.4 Å². The van der Waals surface area contributed by atoms with Gasteiger partial charge in [0.05, 0.1) is 0 Å². The van der Waals surface area contributed by atoms with E-state index in [1.54, 1.807) is 11.3 Å². The van der Waals surface area contributed by atoms with E-state index in [0.717, 1.165) is 49.8 Å². The first-order chi connectivity index (χ1) is 12.2. The number of nitrogens with zero attached hydrogens (tertiary/aromatic N) is 2. The number of carbonyl (C=O) groups excluding carboxylic acids is 1. The summed E-state index contributed by atoms with van der Waals surface area (Å²) < 4.78 is 10.8. The number of likely N-dealkylation sites (tertiary alicyclic amines) is 1. The Morgan fingerprint density at radius 2 is 2.08 bits per heavy atom. The lowest BCUT2D eigenvalue weighted by Gasteiger charge is -2.24. The quantitative estimate of drug-likeness (QED) is 0.847. The monoisotopic (exact) mass is 356 g/mol. The molecule has 3 aliphatic heterocycles. The number of anilines is 1. The normalized spacial score (nSPS) is 25.4. The standard InChI is InChI=1S/C19H20N2O3S/c22-18-9-19(5-6-20(11-19)10-15-2-1-7-25-15)12-21(18)14-3-4-16-17(8-14)24-13-23-16/h1-4,7-8H,5-6,9-13H2/t19-/m1/s1. The van der Waals surface area contributed by atoms with Crippen LogP contribution in [-0.2, 0) is 11.3 Å². The number of rotatable bonds is 3. The lowest BCUT2D eigenvalue weighted by atomic mass is 9.86. The van der Waals surface area contributed by atoms with Gasteiger partial charge in [-0.25, -0.2) is 0 Å². The number of thiophene rings is 1. The third kappa shape index (κ3) is 2.69. The molecule has 0 aliphatic carbocycles. The van der Waals surface area contributed by atoms with Crippen molar-refractivity contribution in [1.82, 2.24) is 4.90 Å². The zero-order valence-corrected chi connectivity index (χ0v) is 14.8. The molecule has 5 nitrogen and oxygen atoms in total. The maximum Gasteiger partial charge on any atom is 0.231 e. The van der Waals surface area contributed by atoms with Crippen molar-refractivity contribution in [2.75, 3.05) is 31.3 Å². The minimum atomic E-state index is 0.0880. The fourth-order valence-electron chi connectivity index (χ4n) is 4.24. The van der Waals surface area contributed by atoms with Crippen LogP contribution in [0.25, 0.3) is 0 Å². The topological polar surface area (TPSA) is 42.0 Å². The molecule has 25 heavy (non-hydrogen) atoms. The van der Waals surface area contributed by atoms with Crippen LogP contribution in [-0.4, -0.2) is 37.2 Å². The predicted molar refractivity (Wildman–Crippen MR) is 96.2 cm³/mol. The Balaban J connectivity index is 1.32. The van der Waals surface area contributed by atoms with Gasteiger partial charge in [0.1, 0.15) is 0 Å².